The number of piperazine rings is 1. The molecule has 0 radical (unpaired) electrons. The number of pyridine rings is 1. The summed E-state index contributed by atoms with van der Waals surface area (Å²) in [6.45, 7) is 13.0. The Kier molecular flexibility index (Phi) is 3.48. The van der Waals surface area contributed by atoms with Gasteiger partial charge in [-0.15, -0.1) is 0 Å². The Labute approximate surface area is 110 Å². The molecule has 0 atom stereocenters. The minimum absolute atomic E-state index is 0.248. The van der Waals surface area contributed by atoms with Crippen molar-refractivity contribution < 1.29 is 0 Å². The average Bonchev–Trinajstić information content (AvgIpc) is 2.32. The van der Waals surface area contributed by atoms with Gasteiger partial charge in [-0.25, -0.2) is 4.98 Å². The largest absolute Gasteiger partial charge is 0.396 e. The van der Waals surface area contributed by atoms with Crippen LogP contribution in [0.4, 0.5) is 11.5 Å². The van der Waals surface area contributed by atoms with Gasteiger partial charge in [0.25, 0.3) is 0 Å². The summed E-state index contributed by atoms with van der Waals surface area (Å²) in [5.74, 6) is 0.948. The molecule has 4 heteroatoms. The second-order valence-electron chi connectivity index (χ2n) is 6.01. The van der Waals surface area contributed by atoms with E-state index in [1.807, 2.05) is 19.2 Å². The molecule has 0 unspecified atom stereocenters. The minimum Gasteiger partial charge on any atom is -0.396 e. The highest BCUT2D eigenvalue weighted by Gasteiger charge is 2.26. The van der Waals surface area contributed by atoms with Crippen LogP contribution in [0.5, 0.6) is 0 Å². The van der Waals surface area contributed by atoms with Gasteiger partial charge in [0.15, 0.2) is 5.82 Å². The van der Waals surface area contributed by atoms with E-state index >= 15 is 0 Å². The summed E-state index contributed by atoms with van der Waals surface area (Å²) in [5, 5.41) is 0. The van der Waals surface area contributed by atoms with Crippen LogP contribution in [0.15, 0.2) is 12.3 Å². The van der Waals surface area contributed by atoms with E-state index in [4.69, 9.17) is 5.73 Å². The Morgan fingerprint density at radius 2 is 1.78 bits per heavy atom. The summed E-state index contributed by atoms with van der Waals surface area (Å²) in [4.78, 5) is 9.24. The number of hydrogen-bond donors (Lipinski definition) is 1. The van der Waals surface area contributed by atoms with Gasteiger partial charge in [0.1, 0.15) is 0 Å². The van der Waals surface area contributed by atoms with Crippen molar-refractivity contribution in [2.75, 3.05) is 36.8 Å². The Bertz CT molecular complexity index is 414. The molecule has 2 N–H and O–H groups in total. The maximum Gasteiger partial charge on any atom is 0.152 e. The molecule has 1 aliphatic heterocycles. The maximum absolute atomic E-state index is 6.12. The number of aryl methyl sites for hydroxylation is 1. The molecule has 2 rings (SSSR count). The first-order valence-corrected chi connectivity index (χ1v) is 6.60. The molecule has 0 aromatic carbocycles. The smallest absolute Gasteiger partial charge is 0.152 e. The van der Waals surface area contributed by atoms with Crippen LogP contribution in [-0.2, 0) is 0 Å². The van der Waals surface area contributed by atoms with Gasteiger partial charge in [-0.3, -0.25) is 4.90 Å². The third kappa shape index (κ3) is 2.58. The van der Waals surface area contributed by atoms with Gasteiger partial charge in [0.2, 0.25) is 0 Å². The highest BCUT2D eigenvalue weighted by molar-refractivity contribution is 5.66. The van der Waals surface area contributed by atoms with Crippen molar-refractivity contribution in [3.8, 4) is 0 Å². The van der Waals surface area contributed by atoms with Crippen molar-refractivity contribution in [1.29, 1.82) is 0 Å². The summed E-state index contributed by atoms with van der Waals surface area (Å²) in [5.41, 5.74) is 8.29. The molecule has 0 saturated carbocycles. The Morgan fingerprint density at radius 3 is 2.33 bits per heavy atom. The molecule has 18 heavy (non-hydrogen) atoms. The van der Waals surface area contributed by atoms with E-state index < -0.39 is 0 Å². The van der Waals surface area contributed by atoms with E-state index in [2.05, 4.69) is 35.6 Å². The molecule has 0 amide bonds. The first-order chi connectivity index (χ1) is 8.39. The zero-order chi connectivity index (χ0) is 13.3. The van der Waals surface area contributed by atoms with E-state index in [1.54, 1.807) is 0 Å². The van der Waals surface area contributed by atoms with Crippen molar-refractivity contribution in [2.24, 2.45) is 0 Å². The van der Waals surface area contributed by atoms with Gasteiger partial charge in [0, 0.05) is 37.9 Å². The van der Waals surface area contributed by atoms with Crippen LogP contribution >= 0.6 is 0 Å². The average molecular weight is 248 g/mol. The van der Waals surface area contributed by atoms with Crippen LogP contribution in [0.3, 0.4) is 0 Å². The number of nitrogen functional groups attached to an aromatic ring is 1. The molecule has 4 nitrogen and oxygen atoms in total. The van der Waals surface area contributed by atoms with E-state index in [1.165, 1.54) is 0 Å². The second-order valence-corrected chi connectivity index (χ2v) is 6.01. The normalized spacial score (nSPS) is 18.1. The van der Waals surface area contributed by atoms with Gasteiger partial charge in [0.05, 0.1) is 5.69 Å². The van der Waals surface area contributed by atoms with Crippen molar-refractivity contribution in [3.63, 3.8) is 0 Å². The van der Waals surface area contributed by atoms with Crippen LogP contribution in [0.25, 0.3) is 0 Å². The van der Waals surface area contributed by atoms with Crippen LogP contribution < -0.4 is 10.6 Å². The number of aromatic nitrogens is 1. The van der Waals surface area contributed by atoms with Crippen molar-refractivity contribution >= 4 is 11.5 Å². The number of nitrogens with two attached hydrogens (primary N) is 1. The topological polar surface area (TPSA) is 45.4 Å². The summed E-state index contributed by atoms with van der Waals surface area (Å²) >= 11 is 0. The lowest BCUT2D eigenvalue weighted by Crippen LogP contribution is -2.53. The van der Waals surface area contributed by atoms with Crippen molar-refractivity contribution in [1.82, 2.24) is 9.88 Å². The van der Waals surface area contributed by atoms with Gasteiger partial charge in [-0.1, -0.05) is 0 Å². The second kappa shape index (κ2) is 4.76. The van der Waals surface area contributed by atoms with Gasteiger partial charge in [-0.05, 0) is 39.3 Å². The fourth-order valence-electron chi connectivity index (χ4n) is 2.40. The van der Waals surface area contributed by atoms with E-state index in [-0.39, 0.29) is 5.54 Å². The van der Waals surface area contributed by atoms with Gasteiger partial charge >= 0.3 is 0 Å². The monoisotopic (exact) mass is 248 g/mol. The number of nitrogens with zero attached hydrogens (tertiary/aromatic N) is 3. The molecule has 1 saturated heterocycles. The number of hydrogen-bond acceptors (Lipinski definition) is 4. The van der Waals surface area contributed by atoms with Crippen molar-refractivity contribution in [2.45, 2.75) is 33.2 Å². The Hall–Kier alpha value is -1.29. The lowest BCUT2D eigenvalue weighted by atomic mass is 10.0. The third-order valence-corrected chi connectivity index (χ3v) is 3.71. The molecule has 1 aromatic rings. The maximum atomic E-state index is 6.12. The molecule has 100 valence electrons. The lowest BCUT2D eigenvalue weighted by molar-refractivity contribution is 0.128. The predicted octanol–water partition coefficient (Wildman–Crippen LogP) is 1.89. The summed E-state index contributed by atoms with van der Waals surface area (Å²) in [6, 6.07) is 1.96. The molecule has 0 spiro atoms. The third-order valence-electron chi connectivity index (χ3n) is 3.71. The molecule has 0 aliphatic carbocycles. The number of anilines is 2. The van der Waals surface area contributed by atoms with E-state index in [0.29, 0.717) is 0 Å². The lowest BCUT2D eigenvalue weighted by Gasteiger charge is -2.42. The SMILES string of the molecule is Cc1ccnc(N2CCN(C(C)(C)C)CC2)c1N. The highest BCUT2D eigenvalue weighted by atomic mass is 15.3. The summed E-state index contributed by atoms with van der Waals surface area (Å²) in [7, 11) is 0. The zero-order valence-corrected chi connectivity index (χ0v) is 11.9. The minimum atomic E-state index is 0.248. The molecule has 2 heterocycles. The van der Waals surface area contributed by atoms with Crippen LogP contribution in [0.1, 0.15) is 26.3 Å². The van der Waals surface area contributed by atoms with E-state index in [0.717, 1.165) is 43.2 Å². The first kappa shape index (κ1) is 13.1. The van der Waals surface area contributed by atoms with Gasteiger partial charge in [-0.2, -0.15) is 0 Å². The van der Waals surface area contributed by atoms with E-state index in [9.17, 15) is 0 Å². The number of rotatable bonds is 1. The molecular formula is C14H24N4. The molecule has 1 fully saturated rings. The predicted molar refractivity (Wildman–Crippen MR) is 76.9 cm³/mol. The van der Waals surface area contributed by atoms with Crippen LogP contribution in [0.2, 0.25) is 0 Å². The molecular weight excluding hydrogens is 224 g/mol. The fourth-order valence-corrected chi connectivity index (χ4v) is 2.40. The summed E-state index contributed by atoms with van der Waals surface area (Å²) in [6.07, 6.45) is 1.84. The highest BCUT2D eigenvalue weighted by Crippen LogP contribution is 2.25. The fraction of sp³-hybridized carbons (Fsp3) is 0.643. The zero-order valence-electron chi connectivity index (χ0n) is 11.9. The Morgan fingerprint density at radius 1 is 1.17 bits per heavy atom. The quantitative estimate of drug-likeness (QED) is 0.824. The van der Waals surface area contributed by atoms with Crippen LogP contribution in [-0.4, -0.2) is 41.6 Å². The van der Waals surface area contributed by atoms with Crippen LogP contribution in [0, 0.1) is 6.92 Å². The standard InChI is InChI=1S/C14H24N4/c1-11-5-6-16-13(12(11)15)17-7-9-18(10-8-17)14(2,3)4/h5-6H,7-10,15H2,1-4H3. The molecule has 1 aromatic heterocycles. The van der Waals surface area contributed by atoms with Gasteiger partial charge < -0.3 is 10.6 Å². The first-order valence-electron chi connectivity index (χ1n) is 6.60. The van der Waals surface area contributed by atoms with Crippen molar-refractivity contribution in [3.05, 3.63) is 17.8 Å². The molecule has 1 aliphatic rings. The molecule has 0 bridgehead atoms. The Balaban J connectivity index is 2.08. The summed E-state index contributed by atoms with van der Waals surface area (Å²) < 4.78 is 0.